The van der Waals surface area contributed by atoms with E-state index in [9.17, 15) is 10.1 Å². The van der Waals surface area contributed by atoms with E-state index in [4.69, 9.17) is 0 Å². The van der Waals surface area contributed by atoms with Crippen molar-refractivity contribution in [1.29, 1.82) is 5.26 Å². The molecule has 5 heteroatoms. The zero-order valence-corrected chi connectivity index (χ0v) is 13.0. The molecule has 2 heterocycles. The van der Waals surface area contributed by atoms with Crippen molar-refractivity contribution in [1.82, 2.24) is 14.9 Å². The van der Waals surface area contributed by atoms with Gasteiger partial charge in [0.15, 0.2) is 0 Å². The minimum absolute atomic E-state index is 0.0683. The Hall–Kier alpha value is -2.35. The van der Waals surface area contributed by atoms with Crippen molar-refractivity contribution in [2.45, 2.75) is 39.2 Å². The van der Waals surface area contributed by atoms with E-state index >= 15 is 0 Å². The molecule has 3 rings (SSSR count). The molecule has 114 valence electrons. The molecule has 0 spiro atoms. The number of likely N-dealkylation sites (tertiary alicyclic amines) is 1. The van der Waals surface area contributed by atoms with E-state index in [-0.39, 0.29) is 11.9 Å². The van der Waals surface area contributed by atoms with Crippen molar-refractivity contribution in [2.75, 3.05) is 6.54 Å². The first-order chi connectivity index (χ1) is 10.5. The van der Waals surface area contributed by atoms with Gasteiger partial charge in [-0.25, -0.2) is 4.98 Å². The van der Waals surface area contributed by atoms with Crippen LogP contribution in [0.5, 0.6) is 0 Å². The van der Waals surface area contributed by atoms with Crippen LogP contribution in [0.1, 0.15) is 45.0 Å². The second kappa shape index (κ2) is 5.45. The van der Waals surface area contributed by atoms with Crippen LogP contribution in [0.3, 0.4) is 0 Å². The van der Waals surface area contributed by atoms with Gasteiger partial charge in [0.2, 0.25) is 5.91 Å². The van der Waals surface area contributed by atoms with E-state index in [1.165, 1.54) is 0 Å². The number of nitriles is 1. The molecule has 1 unspecified atom stereocenters. The van der Waals surface area contributed by atoms with Crippen molar-refractivity contribution < 1.29 is 4.79 Å². The number of nitrogens with one attached hydrogen (secondary N) is 1. The number of aromatic amines is 1. The van der Waals surface area contributed by atoms with E-state index in [1.807, 2.05) is 29.2 Å². The molecule has 22 heavy (non-hydrogen) atoms. The molecule has 1 atom stereocenters. The van der Waals surface area contributed by atoms with Gasteiger partial charge in [0.05, 0.1) is 23.1 Å². The number of para-hydroxylation sites is 2. The van der Waals surface area contributed by atoms with Gasteiger partial charge in [-0.05, 0) is 45.2 Å². The highest BCUT2D eigenvalue weighted by atomic mass is 16.2. The highest BCUT2D eigenvalue weighted by Crippen LogP contribution is 2.33. The second-order valence-corrected chi connectivity index (χ2v) is 6.39. The van der Waals surface area contributed by atoms with E-state index in [0.717, 1.165) is 36.1 Å². The Balaban J connectivity index is 1.96. The van der Waals surface area contributed by atoms with Gasteiger partial charge in [0.1, 0.15) is 11.2 Å². The third-order valence-electron chi connectivity index (χ3n) is 4.30. The highest BCUT2D eigenvalue weighted by molar-refractivity contribution is 5.85. The largest absolute Gasteiger partial charge is 0.340 e. The molecule has 0 saturated carbocycles. The van der Waals surface area contributed by atoms with E-state index in [1.54, 1.807) is 13.8 Å². The summed E-state index contributed by atoms with van der Waals surface area (Å²) in [6.45, 7) is 4.05. The van der Waals surface area contributed by atoms with Crippen LogP contribution in [0.2, 0.25) is 0 Å². The van der Waals surface area contributed by atoms with Crippen LogP contribution >= 0.6 is 0 Å². The van der Waals surface area contributed by atoms with E-state index in [0.29, 0.717) is 6.54 Å². The molecule has 5 nitrogen and oxygen atoms in total. The fourth-order valence-corrected chi connectivity index (χ4v) is 3.00. The topological polar surface area (TPSA) is 72.8 Å². The molecule has 1 aliphatic rings. The maximum atomic E-state index is 12.7. The summed E-state index contributed by atoms with van der Waals surface area (Å²) in [5.74, 6) is 0.711. The predicted molar refractivity (Wildman–Crippen MR) is 83.8 cm³/mol. The Morgan fingerprint density at radius 3 is 2.91 bits per heavy atom. The van der Waals surface area contributed by atoms with Gasteiger partial charge >= 0.3 is 0 Å². The fraction of sp³-hybridized carbons (Fsp3) is 0.471. The average Bonchev–Trinajstić information content (AvgIpc) is 2.98. The van der Waals surface area contributed by atoms with Crippen molar-refractivity contribution in [3.05, 3.63) is 30.1 Å². The summed E-state index contributed by atoms with van der Waals surface area (Å²) >= 11 is 0. The van der Waals surface area contributed by atoms with E-state index < -0.39 is 5.41 Å². The number of piperidine rings is 1. The third kappa shape index (κ3) is 2.45. The van der Waals surface area contributed by atoms with Crippen LogP contribution in [0, 0.1) is 16.7 Å². The SMILES string of the molecule is CC(C)(C#N)C(=O)N1CCCCC1c1nc2ccccc2[nH]1. The lowest BCUT2D eigenvalue weighted by molar-refractivity contribution is -0.141. The molecule has 0 bridgehead atoms. The molecule has 1 saturated heterocycles. The van der Waals surface area contributed by atoms with E-state index in [2.05, 4.69) is 16.0 Å². The highest BCUT2D eigenvalue weighted by Gasteiger charge is 2.38. The van der Waals surface area contributed by atoms with Gasteiger partial charge < -0.3 is 9.88 Å². The number of amides is 1. The molecular formula is C17H20N4O. The van der Waals surface area contributed by atoms with Crippen LogP contribution in [0.4, 0.5) is 0 Å². The number of hydrogen-bond donors (Lipinski definition) is 1. The summed E-state index contributed by atoms with van der Waals surface area (Å²) in [5, 5.41) is 9.25. The first-order valence-corrected chi connectivity index (χ1v) is 7.70. The Morgan fingerprint density at radius 1 is 1.41 bits per heavy atom. The number of carbonyl (C=O) groups excluding carboxylic acids is 1. The first kappa shape index (κ1) is 14.6. The Labute approximate surface area is 129 Å². The molecule has 1 fully saturated rings. The summed E-state index contributed by atoms with van der Waals surface area (Å²) in [5.41, 5.74) is 0.895. The van der Waals surface area contributed by atoms with Gasteiger partial charge in [0.25, 0.3) is 0 Å². The molecule has 1 aliphatic heterocycles. The third-order valence-corrected chi connectivity index (χ3v) is 4.30. The molecular weight excluding hydrogens is 276 g/mol. The molecule has 1 aromatic heterocycles. The van der Waals surface area contributed by atoms with Gasteiger partial charge in [-0.3, -0.25) is 4.79 Å². The molecule has 1 aromatic carbocycles. The lowest BCUT2D eigenvalue weighted by Gasteiger charge is -2.37. The Bertz CT molecular complexity index is 707. The first-order valence-electron chi connectivity index (χ1n) is 7.70. The number of rotatable bonds is 2. The number of carbonyl (C=O) groups is 1. The quantitative estimate of drug-likeness (QED) is 0.925. The normalized spacial score (nSPS) is 19.1. The monoisotopic (exact) mass is 296 g/mol. The fourth-order valence-electron chi connectivity index (χ4n) is 3.00. The number of nitrogens with zero attached hydrogens (tertiary/aromatic N) is 3. The standard InChI is InChI=1S/C17H20N4O/c1-17(2,11-18)16(22)21-10-6-5-9-14(21)15-19-12-7-3-4-8-13(12)20-15/h3-4,7-8,14H,5-6,9-10H2,1-2H3,(H,19,20). The Morgan fingerprint density at radius 2 is 2.18 bits per heavy atom. The van der Waals surface area contributed by atoms with Gasteiger partial charge in [-0.1, -0.05) is 12.1 Å². The van der Waals surface area contributed by atoms with Gasteiger partial charge in [0, 0.05) is 6.54 Å². The van der Waals surface area contributed by atoms with Crippen molar-refractivity contribution in [3.8, 4) is 6.07 Å². The summed E-state index contributed by atoms with van der Waals surface area (Å²) in [6, 6.07) is 9.91. The van der Waals surface area contributed by atoms with Crippen LogP contribution in [-0.4, -0.2) is 27.3 Å². The van der Waals surface area contributed by atoms with Gasteiger partial charge in [-0.15, -0.1) is 0 Å². The molecule has 1 N–H and O–H groups in total. The minimum Gasteiger partial charge on any atom is -0.340 e. The Kier molecular flexibility index (Phi) is 3.61. The van der Waals surface area contributed by atoms with Crippen LogP contribution < -0.4 is 0 Å². The van der Waals surface area contributed by atoms with Crippen molar-refractivity contribution in [2.24, 2.45) is 5.41 Å². The molecule has 1 amide bonds. The second-order valence-electron chi connectivity index (χ2n) is 6.39. The minimum atomic E-state index is -0.998. The number of H-pyrrole nitrogens is 1. The lowest BCUT2D eigenvalue weighted by Crippen LogP contribution is -2.45. The zero-order chi connectivity index (χ0) is 15.7. The summed E-state index contributed by atoms with van der Waals surface area (Å²) in [4.78, 5) is 22.5. The number of benzene rings is 1. The molecule has 0 aliphatic carbocycles. The predicted octanol–water partition coefficient (Wildman–Crippen LogP) is 3.17. The van der Waals surface area contributed by atoms with Crippen LogP contribution in [-0.2, 0) is 4.79 Å². The van der Waals surface area contributed by atoms with Gasteiger partial charge in [-0.2, -0.15) is 5.26 Å². The van der Waals surface area contributed by atoms with Crippen LogP contribution in [0.15, 0.2) is 24.3 Å². The lowest BCUT2D eigenvalue weighted by atomic mass is 9.90. The zero-order valence-electron chi connectivity index (χ0n) is 13.0. The summed E-state index contributed by atoms with van der Waals surface area (Å²) < 4.78 is 0. The summed E-state index contributed by atoms with van der Waals surface area (Å²) in [6.07, 6.45) is 2.93. The van der Waals surface area contributed by atoms with Crippen molar-refractivity contribution in [3.63, 3.8) is 0 Å². The number of hydrogen-bond acceptors (Lipinski definition) is 3. The summed E-state index contributed by atoms with van der Waals surface area (Å²) in [7, 11) is 0. The maximum absolute atomic E-state index is 12.7. The number of imidazole rings is 1. The average molecular weight is 296 g/mol. The van der Waals surface area contributed by atoms with Crippen LogP contribution in [0.25, 0.3) is 11.0 Å². The molecule has 2 aromatic rings. The number of aromatic nitrogens is 2. The van der Waals surface area contributed by atoms with Crippen molar-refractivity contribution >= 4 is 16.9 Å². The smallest absolute Gasteiger partial charge is 0.243 e. The number of fused-ring (bicyclic) bond motifs is 1. The molecule has 0 radical (unpaired) electrons. The maximum Gasteiger partial charge on any atom is 0.243 e.